The predicted molar refractivity (Wildman–Crippen MR) is 101 cm³/mol. The van der Waals surface area contributed by atoms with E-state index in [0.29, 0.717) is 19.6 Å². The molecule has 0 aliphatic carbocycles. The first-order valence-electron chi connectivity index (χ1n) is 9.48. The number of carbonyl (C=O) groups is 1. The van der Waals surface area contributed by atoms with Crippen molar-refractivity contribution in [3.8, 4) is 5.75 Å². The third-order valence-corrected chi connectivity index (χ3v) is 4.86. The number of hydrogen-bond acceptors (Lipinski definition) is 4. The Kier molecular flexibility index (Phi) is 7.72. The van der Waals surface area contributed by atoms with Gasteiger partial charge in [0.1, 0.15) is 18.0 Å². The van der Waals surface area contributed by atoms with E-state index in [0.717, 1.165) is 18.0 Å². The summed E-state index contributed by atoms with van der Waals surface area (Å²) in [6, 6.07) is 7.54. The summed E-state index contributed by atoms with van der Waals surface area (Å²) in [6.07, 6.45) is 4.58. The monoisotopic (exact) mass is 348 g/mol. The maximum absolute atomic E-state index is 12.4. The van der Waals surface area contributed by atoms with Crippen LogP contribution in [-0.2, 0) is 9.53 Å². The number of nitrogens with one attached hydrogen (secondary N) is 1. The average molecular weight is 348 g/mol. The van der Waals surface area contributed by atoms with E-state index in [1.54, 1.807) is 0 Å². The van der Waals surface area contributed by atoms with Crippen LogP contribution >= 0.6 is 0 Å². The van der Waals surface area contributed by atoms with Crippen molar-refractivity contribution in [2.45, 2.75) is 52.1 Å². The fraction of sp³-hybridized carbons (Fsp3) is 0.650. The van der Waals surface area contributed by atoms with Gasteiger partial charge in [-0.25, -0.2) is 0 Å². The minimum atomic E-state index is -0.793. The molecule has 1 fully saturated rings. The Labute approximate surface area is 151 Å². The van der Waals surface area contributed by atoms with E-state index < -0.39 is 5.60 Å². The Bertz CT molecular complexity index is 526. The van der Waals surface area contributed by atoms with Gasteiger partial charge < -0.3 is 14.8 Å². The molecule has 0 unspecified atom stereocenters. The molecule has 0 aromatic heterocycles. The standard InChI is InChI=1S/C20H32N2O3/c1-4-20(3,25-5-2)19(23)21-17-9-11-18(12-10-17)24-16-15-22-13-7-6-8-14-22/h9-12H,4-8,13-16H2,1-3H3,(H,21,23)/t20-/m1/s1. The summed E-state index contributed by atoms with van der Waals surface area (Å²) in [6.45, 7) is 10.2. The molecule has 140 valence electrons. The summed E-state index contributed by atoms with van der Waals surface area (Å²) < 4.78 is 11.4. The van der Waals surface area contributed by atoms with Gasteiger partial charge in [-0.1, -0.05) is 13.3 Å². The quantitative estimate of drug-likeness (QED) is 0.739. The SMILES string of the molecule is CCO[C@](C)(CC)C(=O)Nc1ccc(OCCN2CCCCC2)cc1. The fourth-order valence-corrected chi connectivity index (χ4v) is 3.02. The molecule has 2 rings (SSSR count). The Morgan fingerprint density at radius 3 is 2.44 bits per heavy atom. The zero-order valence-electron chi connectivity index (χ0n) is 15.8. The van der Waals surface area contributed by atoms with Crippen LogP contribution in [0.2, 0.25) is 0 Å². The van der Waals surface area contributed by atoms with Crippen LogP contribution in [-0.4, -0.2) is 49.3 Å². The van der Waals surface area contributed by atoms with E-state index in [2.05, 4.69) is 10.2 Å². The summed E-state index contributed by atoms with van der Waals surface area (Å²) >= 11 is 0. The number of hydrogen-bond donors (Lipinski definition) is 1. The number of rotatable bonds is 9. The smallest absolute Gasteiger partial charge is 0.256 e. The average Bonchev–Trinajstić information content (AvgIpc) is 2.64. The molecule has 1 N–H and O–H groups in total. The van der Waals surface area contributed by atoms with Gasteiger partial charge in [0, 0.05) is 18.8 Å². The molecule has 1 aliphatic heterocycles. The van der Waals surface area contributed by atoms with Crippen molar-refractivity contribution in [1.82, 2.24) is 4.90 Å². The maximum atomic E-state index is 12.4. The van der Waals surface area contributed by atoms with Crippen molar-refractivity contribution in [3.05, 3.63) is 24.3 Å². The van der Waals surface area contributed by atoms with Gasteiger partial charge in [0.05, 0.1) is 0 Å². The highest BCUT2D eigenvalue weighted by Gasteiger charge is 2.31. The Hall–Kier alpha value is -1.59. The molecular weight excluding hydrogens is 316 g/mol. The Morgan fingerprint density at radius 1 is 1.16 bits per heavy atom. The van der Waals surface area contributed by atoms with Crippen LogP contribution in [0, 0.1) is 0 Å². The lowest BCUT2D eigenvalue weighted by Gasteiger charge is -2.27. The van der Waals surface area contributed by atoms with Crippen LogP contribution in [0.15, 0.2) is 24.3 Å². The first kappa shape index (κ1) is 19.7. The zero-order valence-corrected chi connectivity index (χ0v) is 15.8. The van der Waals surface area contributed by atoms with Gasteiger partial charge in [0.25, 0.3) is 5.91 Å². The minimum absolute atomic E-state index is 0.115. The van der Waals surface area contributed by atoms with Crippen molar-refractivity contribution < 1.29 is 14.3 Å². The Balaban J connectivity index is 1.79. The lowest BCUT2D eigenvalue weighted by atomic mass is 10.0. The zero-order chi connectivity index (χ0) is 18.1. The first-order chi connectivity index (χ1) is 12.1. The largest absolute Gasteiger partial charge is 0.492 e. The highest BCUT2D eigenvalue weighted by Crippen LogP contribution is 2.21. The molecular formula is C20H32N2O3. The minimum Gasteiger partial charge on any atom is -0.492 e. The van der Waals surface area contributed by atoms with Crippen molar-refractivity contribution in [3.63, 3.8) is 0 Å². The highest BCUT2D eigenvalue weighted by atomic mass is 16.5. The van der Waals surface area contributed by atoms with Gasteiger partial charge in [-0.3, -0.25) is 9.69 Å². The number of anilines is 1. The van der Waals surface area contributed by atoms with E-state index in [-0.39, 0.29) is 5.91 Å². The van der Waals surface area contributed by atoms with Crippen LogP contribution in [0.3, 0.4) is 0 Å². The number of carbonyl (C=O) groups excluding carboxylic acids is 1. The molecule has 0 saturated carbocycles. The number of nitrogens with zero attached hydrogens (tertiary/aromatic N) is 1. The highest BCUT2D eigenvalue weighted by molar-refractivity contribution is 5.97. The van der Waals surface area contributed by atoms with Crippen molar-refractivity contribution in [2.24, 2.45) is 0 Å². The van der Waals surface area contributed by atoms with Gasteiger partial charge in [-0.15, -0.1) is 0 Å². The molecule has 5 heteroatoms. The molecule has 1 aromatic carbocycles. The van der Waals surface area contributed by atoms with Crippen molar-refractivity contribution in [1.29, 1.82) is 0 Å². The van der Waals surface area contributed by atoms with Crippen LogP contribution in [0.4, 0.5) is 5.69 Å². The summed E-state index contributed by atoms with van der Waals surface area (Å²) in [4.78, 5) is 14.9. The van der Waals surface area contributed by atoms with Crippen molar-refractivity contribution in [2.75, 3.05) is 38.2 Å². The normalized spacial score (nSPS) is 17.7. The van der Waals surface area contributed by atoms with Gasteiger partial charge in [0.15, 0.2) is 0 Å². The van der Waals surface area contributed by atoms with Crippen LogP contribution in [0.5, 0.6) is 5.75 Å². The second kappa shape index (κ2) is 9.78. The molecule has 1 atom stereocenters. The predicted octanol–water partition coefficient (Wildman–Crippen LogP) is 3.70. The number of benzene rings is 1. The van der Waals surface area contributed by atoms with Gasteiger partial charge >= 0.3 is 0 Å². The van der Waals surface area contributed by atoms with Gasteiger partial charge in [-0.2, -0.15) is 0 Å². The van der Waals surface area contributed by atoms with E-state index in [1.807, 2.05) is 45.0 Å². The summed E-state index contributed by atoms with van der Waals surface area (Å²) in [5.41, 5.74) is -0.0361. The Morgan fingerprint density at radius 2 is 1.84 bits per heavy atom. The van der Waals surface area contributed by atoms with Crippen LogP contribution in [0.25, 0.3) is 0 Å². The molecule has 1 aromatic rings. The van der Waals surface area contributed by atoms with Crippen molar-refractivity contribution >= 4 is 11.6 Å². The maximum Gasteiger partial charge on any atom is 0.256 e. The molecule has 1 amide bonds. The topological polar surface area (TPSA) is 50.8 Å². The fourth-order valence-electron chi connectivity index (χ4n) is 3.02. The number of likely N-dealkylation sites (tertiary alicyclic amines) is 1. The van der Waals surface area contributed by atoms with Gasteiger partial charge in [-0.05, 0) is 70.5 Å². The summed E-state index contributed by atoms with van der Waals surface area (Å²) in [7, 11) is 0. The first-order valence-corrected chi connectivity index (χ1v) is 9.48. The molecule has 1 heterocycles. The van der Waals surface area contributed by atoms with E-state index in [9.17, 15) is 4.79 Å². The molecule has 1 saturated heterocycles. The molecule has 1 aliphatic rings. The van der Waals surface area contributed by atoms with Gasteiger partial charge in [0.2, 0.25) is 0 Å². The van der Waals surface area contributed by atoms with E-state index in [1.165, 1.54) is 32.4 Å². The number of amides is 1. The molecule has 5 nitrogen and oxygen atoms in total. The number of ether oxygens (including phenoxy) is 2. The molecule has 0 spiro atoms. The number of piperidine rings is 1. The van der Waals surface area contributed by atoms with E-state index >= 15 is 0 Å². The summed E-state index contributed by atoms with van der Waals surface area (Å²) in [5, 5.41) is 2.93. The second-order valence-corrected chi connectivity index (χ2v) is 6.75. The lowest BCUT2D eigenvalue weighted by Crippen LogP contribution is -2.42. The lowest BCUT2D eigenvalue weighted by molar-refractivity contribution is -0.139. The summed E-state index contributed by atoms with van der Waals surface area (Å²) in [5.74, 6) is 0.716. The van der Waals surface area contributed by atoms with E-state index in [4.69, 9.17) is 9.47 Å². The third-order valence-electron chi connectivity index (χ3n) is 4.86. The molecule has 0 radical (unpaired) electrons. The second-order valence-electron chi connectivity index (χ2n) is 6.75. The van der Waals surface area contributed by atoms with Crippen LogP contribution in [0.1, 0.15) is 46.5 Å². The molecule has 25 heavy (non-hydrogen) atoms. The molecule has 0 bridgehead atoms. The third kappa shape index (κ3) is 6.01. The van der Waals surface area contributed by atoms with Crippen LogP contribution < -0.4 is 10.1 Å².